The van der Waals surface area contributed by atoms with Gasteiger partial charge in [0.1, 0.15) is 5.82 Å². The monoisotopic (exact) mass is 328 g/mol. The smallest absolute Gasteiger partial charge is 0.274 e. The molecule has 3 aromatic rings. The Balaban J connectivity index is 1.61. The molecule has 1 heterocycles. The topological polar surface area (TPSA) is 64.4 Å². The fourth-order valence-corrected chi connectivity index (χ4v) is 2.43. The fraction of sp³-hybridized carbons (Fsp3) is 0.222. The zero-order valence-electron chi connectivity index (χ0n) is 12.9. The summed E-state index contributed by atoms with van der Waals surface area (Å²) >= 11 is 0. The van der Waals surface area contributed by atoms with Crippen LogP contribution in [0.1, 0.15) is 5.56 Å². The molecule has 0 fully saturated rings. The van der Waals surface area contributed by atoms with Gasteiger partial charge in [-0.15, -0.1) is 0 Å². The third kappa shape index (κ3) is 3.67. The van der Waals surface area contributed by atoms with E-state index in [0.29, 0.717) is 10.9 Å². The van der Waals surface area contributed by atoms with Crippen molar-refractivity contribution in [2.45, 2.75) is 19.3 Å². The number of hydrogen-bond donors (Lipinski definition) is 1. The van der Waals surface area contributed by atoms with Gasteiger partial charge in [-0.25, -0.2) is 9.07 Å². The highest BCUT2D eigenvalue weighted by Gasteiger charge is 2.10. The molecule has 0 aliphatic heterocycles. The van der Waals surface area contributed by atoms with Crippen LogP contribution in [0.25, 0.3) is 10.8 Å². The Morgan fingerprint density at radius 3 is 2.75 bits per heavy atom. The van der Waals surface area contributed by atoms with E-state index in [4.69, 9.17) is 4.74 Å². The molecule has 1 N–H and O–H groups in total. The van der Waals surface area contributed by atoms with E-state index in [-0.39, 0.29) is 31.1 Å². The summed E-state index contributed by atoms with van der Waals surface area (Å²) in [5.74, 6) is -0.348. The lowest BCUT2D eigenvalue weighted by atomic mass is 10.2. The maximum atomic E-state index is 13.5. The van der Waals surface area contributed by atoms with E-state index in [2.05, 4.69) is 5.10 Å². The number of hydrogen-bond acceptors (Lipinski definition) is 4. The summed E-state index contributed by atoms with van der Waals surface area (Å²) in [6.07, 6.45) is 0.673. The van der Waals surface area contributed by atoms with Crippen LogP contribution in [-0.4, -0.2) is 27.6 Å². The lowest BCUT2D eigenvalue weighted by Gasteiger charge is -2.13. The normalized spacial score (nSPS) is 12.4. The predicted molar refractivity (Wildman–Crippen MR) is 88.1 cm³/mol. The molecular formula is C18H17FN2O3. The van der Waals surface area contributed by atoms with Gasteiger partial charge in [0.05, 0.1) is 37.4 Å². The molecule has 0 radical (unpaired) electrons. The summed E-state index contributed by atoms with van der Waals surface area (Å²) in [5.41, 5.74) is 0.159. The van der Waals surface area contributed by atoms with Crippen LogP contribution in [0.5, 0.6) is 0 Å². The Morgan fingerprint density at radius 2 is 1.92 bits per heavy atom. The first-order valence-corrected chi connectivity index (χ1v) is 7.59. The Kier molecular flexibility index (Phi) is 4.98. The van der Waals surface area contributed by atoms with Gasteiger partial charge < -0.3 is 9.84 Å². The van der Waals surface area contributed by atoms with Crippen LogP contribution in [-0.2, 0) is 17.9 Å². The minimum atomic E-state index is -0.914. The molecule has 5 nitrogen and oxygen atoms in total. The predicted octanol–water partition coefficient (Wildman–Crippen LogP) is 2.11. The number of fused-ring (bicyclic) bond motifs is 1. The minimum absolute atomic E-state index is 0.0148. The number of aromatic nitrogens is 2. The van der Waals surface area contributed by atoms with Crippen LogP contribution in [0.15, 0.2) is 59.5 Å². The average Bonchev–Trinajstić information content (AvgIpc) is 2.59. The van der Waals surface area contributed by atoms with E-state index in [1.54, 1.807) is 36.5 Å². The largest absolute Gasteiger partial charge is 0.389 e. The molecule has 0 unspecified atom stereocenters. The van der Waals surface area contributed by atoms with Crippen LogP contribution in [0.3, 0.4) is 0 Å². The van der Waals surface area contributed by atoms with Crippen LogP contribution in [0.4, 0.5) is 4.39 Å². The molecule has 0 aliphatic rings. The molecule has 0 saturated heterocycles. The average molecular weight is 328 g/mol. The molecule has 3 rings (SSSR count). The van der Waals surface area contributed by atoms with Gasteiger partial charge >= 0.3 is 0 Å². The summed E-state index contributed by atoms with van der Waals surface area (Å²) in [4.78, 5) is 12.3. The third-order valence-electron chi connectivity index (χ3n) is 3.67. The summed E-state index contributed by atoms with van der Waals surface area (Å²) in [5, 5.41) is 15.4. The lowest BCUT2D eigenvalue weighted by Crippen LogP contribution is -2.31. The standard InChI is InChI=1S/C18H17FN2O3/c19-17-8-4-2-6-14(17)11-24-12-15(22)10-21-18(23)16-7-3-1-5-13(16)9-20-21/h1-9,15,22H,10-12H2/t15-/m0/s1. The van der Waals surface area contributed by atoms with E-state index >= 15 is 0 Å². The molecule has 0 amide bonds. The van der Waals surface area contributed by atoms with Gasteiger partial charge in [-0.1, -0.05) is 36.4 Å². The lowest BCUT2D eigenvalue weighted by molar-refractivity contribution is 0.0172. The number of aliphatic hydroxyl groups is 1. The molecule has 0 bridgehead atoms. The molecule has 0 saturated carbocycles. The second-order valence-electron chi connectivity index (χ2n) is 5.48. The highest BCUT2D eigenvalue weighted by Crippen LogP contribution is 2.09. The highest BCUT2D eigenvalue weighted by molar-refractivity contribution is 5.80. The zero-order valence-corrected chi connectivity index (χ0v) is 12.9. The van der Waals surface area contributed by atoms with Crippen LogP contribution < -0.4 is 5.56 Å². The van der Waals surface area contributed by atoms with Crippen LogP contribution in [0, 0.1) is 5.82 Å². The van der Waals surface area contributed by atoms with E-state index in [9.17, 15) is 14.3 Å². The van der Waals surface area contributed by atoms with E-state index in [1.807, 2.05) is 12.1 Å². The SMILES string of the molecule is O=c1c2ccccc2cnn1C[C@H](O)COCc1ccccc1F. The summed E-state index contributed by atoms with van der Waals surface area (Å²) < 4.78 is 20.0. The van der Waals surface area contributed by atoms with Crippen molar-refractivity contribution in [3.8, 4) is 0 Å². The zero-order chi connectivity index (χ0) is 16.9. The van der Waals surface area contributed by atoms with Crippen LogP contribution >= 0.6 is 0 Å². The first kappa shape index (κ1) is 16.3. The molecule has 124 valence electrons. The van der Waals surface area contributed by atoms with Gasteiger partial charge in [0.2, 0.25) is 0 Å². The van der Waals surface area contributed by atoms with Gasteiger partial charge in [-0.3, -0.25) is 4.79 Å². The van der Waals surface area contributed by atoms with Gasteiger partial charge in [-0.2, -0.15) is 5.10 Å². The molecular weight excluding hydrogens is 311 g/mol. The van der Waals surface area contributed by atoms with Crippen molar-refractivity contribution in [1.29, 1.82) is 0 Å². The summed E-state index contributed by atoms with van der Waals surface area (Å²) in [6.45, 7) is 0.0556. The number of benzene rings is 2. The van der Waals surface area contributed by atoms with Crippen molar-refractivity contribution in [3.63, 3.8) is 0 Å². The summed E-state index contributed by atoms with van der Waals surface area (Å²) in [6, 6.07) is 13.4. The number of nitrogens with zero attached hydrogens (tertiary/aromatic N) is 2. The Hall–Kier alpha value is -2.57. The van der Waals surface area contributed by atoms with Crippen molar-refractivity contribution < 1.29 is 14.2 Å². The number of aliphatic hydroxyl groups excluding tert-OH is 1. The van der Waals surface area contributed by atoms with Crippen molar-refractivity contribution in [3.05, 3.63) is 76.5 Å². The highest BCUT2D eigenvalue weighted by atomic mass is 19.1. The molecule has 1 atom stereocenters. The third-order valence-corrected chi connectivity index (χ3v) is 3.67. The summed E-state index contributed by atoms with van der Waals surface area (Å²) in [7, 11) is 0. The first-order valence-electron chi connectivity index (χ1n) is 7.59. The van der Waals surface area contributed by atoms with Crippen molar-refractivity contribution in [2.24, 2.45) is 0 Å². The molecule has 1 aromatic heterocycles. The molecule has 0 spiro atoms. The van der Waals surface area contributed by atoms with Gasteiger partial charge in [-0.05, 0) is 12.1 Å². The number of halogens is 1. The molecule has 6 heteroatoms. The van der Waals surface area contributed by atoms with E-state index < -0.39 is 6.10 Å². The quantitative estimate of drug-likeness (QED) is 0.753. The van der Waals surface area contributed by atoms with Gasteiger partial charge in [0.15, 0.2) is 0 Å². The second kappa shape index (κ2) is 7.33. The van der Waals surface area contributed by atoms with E-state index in [0.717, 1.165) is 5.39 Å². The maximum absolute atomic E-state index is 13.5. The van der Waals surface area contributed by atoms with Gasteiger partial charge in [0.25, 0.3) is 5.56 Å². The molecule has 2 aromatic carbocycles. The minimum Gasteiger partial charge on any atom is -0.389 e. The van der Waals surface area contributed by atoms with Crippen molar-refractivity contribution in [1.82, 2.24) is 9.78 Å². The number of ether oxygens (including phenoxy) is 1. The second-order valence-corrected chi connectivity index (χ2v) is 5.48. The van der Waals surface area contributed by atoms with Crippen molar-refractivity contribution >= 4 is 10.8 Å². The Labute approximate surface area is 137 Å². The Morgan fingerprint density at radius 1 is 1.17 bits per heavy atom. The first-order chi connectivity index (χ1) is 11.6. The molecule has 0 aliphatic carbocycles. The van der Waals surface area contributed by atoms with Crippen molar-refractivity contribution in [2.75, 3.05) is 6.61 Å². The fourth-order valence-electron chi connectivity index (χ4n) is 2.43. The maximum Gasteiger partial charge on any atom is 0.274 e. The Bertz CT molecular complexity index is 895. The molecule has 24 heavy (non-hydrogen) atoms. The van der Waals surface area contributed by atoms with E-state index in [1.165, 1.54) is 10.7 Å². The van der Waals surface area contributed by atoms with Gasteiger partial charge in [0, 0.05) is 10.9 Å². The number of rotatable bonds is 6. The van der Waals surface area contributed by atoms with Crippen LogP contribution in [0.2, 0.25) is 0 Å².